The maximum absolute atomic E-state index is 10.7. The zero-order valence-corrected chi connectivity index (χ0v) is 9.04. The number of carbonyl (C=O) groups is 2. The Bertz CT molecular complexity index is 202. The highest BCUT2D eigenvalue weighted by atomic mass is 16.4. The molecule has 0 radical (unpaired) electrons. The Balaban J connectivity index is 3.96. The maximum atomic E-state index is 10.7. The van der Waals surface area contributed by atoms with Gasteiger partial charge in [-0.25, -0.2) is 0 Å². The lowest BCUT2D eigenvalue weighted by Crippen LogP contribution is -2.29. The summed E-state index contributed by atoms with van der Waals surface area (Å²) < 4.78 is 0. The van der Waals surface area contributed by atoms with Crippen molar-refractivity contribution in [3.8, 4) is 0 Å². The first-order chi connectivity index (χ1) is 6.41. The van der Waals surface area contributed by atoms with E-state index < -0.39 is 5.97 Å². The van der Waals surface area contributed by atoms with Gasteiger partial charge in [0.25, 0.3) is 0 Å². The van der Waals surface area contributed by atoms with Gasteiger partial charge in [-0.1, -0.05) is 13.8 Å². The monoisotopic (exact) mass is 201 g/mol. The Morgan fingerprint density at radius 1 is 1.36 bits per heavy atom. The van der Waals surface area contributed by atoms with Crippen LogP contribution in [0.15, 0.2) is 0 Å². The molecule has 82 valence electrons. The summed E-state index contributed by atoms with van der Waals surface area (Å²) in [7, 11) is 0. The van der Waals surface area contributed by atoms with E-state index >= 15 is 0 Å². The fourth-order valence-corrected chi connectivity index (χ4v) is 1.44. The van der Waals surface area contributed by atoms with Crippen LogP contribution in [0.25, 0.3) is 0 Å². The van der Waals surface area contributed by atoms with Gasteiger partial charge in [-0.15, -0.1) is 0 Å². The summed E-state index contributed by atoms with van der Waals surface area (Å²) in [6.45, 7) is 5.98. The molecule has 0 aromatic heterocycles. The van der Waals surface area contributed by atoms with Gasteiger partial charge >= 0.3 is 5.97 Å². The minimum Gasteiger partial charge on any atom is -0.481 e. The van der Waals surface area contributed by atoms with Crippen molar-refractivity contribution in [1.82, 2.24) is 5.32 Å². The molecule has 0 spiro atoms. The van der Waals surface area contributed by atoms with E-state index in [1.165, 1.54) is 6.92 Å². The molecule has 2 N–H and O–H groups in total. The van der Waals surface area contributed by atoms with Crippen LogP contribution in [0.5, 0.6) is 0 Å². The average molecular weight is 201 g/mol. The number of carbonyl (C=O) groups excluding carboxylic acids is 1. The molecule has 0 rings (SSSR count). The van der Waals surface area contributed by atoms with E-state index in [-0.39, 0.29) is 18.2 Å². The standard InChI is InChI=1S/C10H19NO3/c1-7(2)4-9(5-10(13)14)6-11-8(3)12/h7,9H,4-6H2,1-3H3,(H,11,12)(H,13,14). The van der Waals surface area contributed by atoms with Crippen molar-refractivity contribution in [2.45, 2.75) is 33.6 Å². The first-order valence-electron chi connectivity index (χ1n) is 4.88. The van der Waals surface area contributed by atoms with Crippen LogP contribution in [0, 0.1) is 11.8 Å². The smallest absolute Gasteiger partial charge is 0.303 e. The molecule has 4 heteroatoms. The second kappa shape index (κ2) is 6.40. The summed E-state index contributed by atoms with van der Waals surface area (Å²) in [5.41, 5.74) is 0. The quantitative estimate of drug-likeness (QED) is 0.680. The number of nitrogens with one attached hydrogen (secondary N) is 1. The Kier molecular flexibility index (Phi) is 5.92. The van der Waals surface area contributed by atoms with Crippen LogP contribution in [0.3, 0.4) is 0 Å². The molecule has 0 saturated heterocycles. The van der Waals surface area contributed by atoms with Crippen LogP contribution in [0.4, 0.5) is 0 Å². The van der Waals surface area contributed by atoms with Crippen LogP contribution in [0.2, 0.25) is 0 Å². The molecular formula is C10H19NO3. The summed E-state index contributed by atoms with van der Waals surface area (Å²) in [5, 5.41) is 11.3. The molecule has 14 heavy (non-hydrogen) atoms. The highest BCUT2D eigenvalue weighted by Crippen LogP contribution is 2.14. The minimum atomic E-state index is -0.805. The summed E-state index contributed by atoms with van der Waals surface area (Å²) >= 11 is 0. The molecule has 0 heterocycles. The fraction of sp³-hybridized carbons (Fsp3) is 0.800. The number of carboxylic acid groups (broad SMARTS) is 1. The van der Waals surface area contributed by atoms with Crippen LogP contribution < -0.4 is 5.32 Å². The van der Waals surface area contributed by atoms with Crippen molar-refractivity contribution in [3.63, 3.8) is 0 Å². The third kappa shape index (κ3) is 7.58. The van der Waals surface area contributed by atoms with Crippen molar-refractivity contribution in [3.05, 3.63) is 0 Å². The molecule has 4 nitrogen and oxygen atoms in total. The average Bonchev–Trinajstić information content (AvgIpc) is 1.97. The highest BCUT2D eigenvalue weighted by Gasteiger charge is 2.14. The number of rotatable bonds is 6. The lowest BCUT2D eigenvalue weighted by molar-refractivity contribution is -0.138. The van der Waals surface area contributed by atoms with Crippen molar-refractivity contribution in [2.24, 2.45) is 11.8 Å². The van der Waals surface area contributed by atoms with Crippen molar-refractivity contribution >= 4 is 11.9 Å². The SMILES string of the molecule is CC(=O)NCC(CC(=O)O)CC(C)C. The molecule has 1 atom stereocenters. The molecule has 0 fully saturated rings. The van der Waals surface area contributed by atoms with E-state index in [0.717, 1.165) is 6.42 Å². The fourth-order valence-electron chi connectivity index (χ4n) is 1.44. The highest BCUT2D eigenvalue weighted by molar-refractivity contribution is 5.73. The summed E-state index contributed by atoms with van der Waals surface area (Å²) in [4.78, 5) is 21.2. The molecule has 0 aromatic carbocycles. The van der Waals surface area contributed by atoms with Crippen LogP contribution in [-0.4, -0.2) is 23.5 Å². The number of amides is 1. The molecule has 0 aliphatic heterocycles. The van der Waals surface area contributed by atoms with Crippen LogP contribution >= 0.6 is 0 Å². The third-order valence-corrected chi connectivity index (χ3v) is 1.91. The third-order valence-electron chi connectivity index (χ3n) is 1.91. The molecule has 1 amide bonds. The number of hydrogen-bond donors (Lipinski definition) is 2. The zero-order chi connectivity index (χ0) is 11.1. The summed E-state index contributed by atoms with van der Waals surface area (Å²) in [6, 6.07) is 0. The van der Waals surface area contributed by atoms with E-state index in [2.05, 4.69) is 5.32 Å². The number of hydrogen-bond acceptors (Lipinski definition) is 2. The van der Waals surface area contributed by atoms with Gasteiger partial charge in [-0.2, -0.15) is 0 Å². The Morgan fingerprint density at radius 3 is 2.29 bits per heavy atom. The van der Waals surface area contributed by atoms with Gasteiger partial charge in [0.15, 0.2) is 0 Å². The first kappa shape index (κ1) is 12.9. The molecule has 0 saturated carbocycles. The maximum Gasteiger partial charge on any atom is 0.303 e. The van der Waals surface area contributed by atoms with Gasteiger partial charge in [-0.3, -0.25) is 9.59 Å². The Morgan fingerprint density at radius 2 is 1.93 bits per heavy atom. The van der Waals surface area contributed by atoms with Crippen molar-refractivity contribution < 1.29 is 14.7 Å². The molecule has 0 aliphatic rings. The molecular weight excluding hydrogens is 182 g/mol. The van der Waals surface area contributed by atoms with Gasteiger partial charge in [0.1, 0.15) is 0 Å². The predicted molar refractivity (Wildman–Crippen MR) is 53.9 cm³/mol. The van der Waals surface area contributed by atoms with E-state index in [1.54, 1.807) is 0 Å². The van der Waals surface area contributed by atoms with Crippen LogP contribution in [-0.2, 0) is 9.59 Å². The van der Waals surface area contributed by atoms with Crippen molar-refractivity contribution in [2.75, 3.05) is 6.54 Å². The second-order valence-electron chi connectivity index (χ2n) is 4.03. The number of carboxylic acids is 1. The zero-order valence-electron chi connectivity index (χ0n) is 9.04. The number of aliphatic carboxylic acids is 1. The second-order valence-corrected chi connectivity index (χ2v) is 4.03. The van der Waals surface area contributed by atoms with E-state index in [9.17, 15) is 9.59 Å². The normalized spacial score (nSPS) is 12.6. The largest absolute Gasteiger partial charge is 0.481 e. The summed E-state index contributed by atoms with van der Waals surface area (Å²) in [6.07, 6.45) is 0.949. The Hall–Kier alpha value is -1.06. The molecule has 0 bridgehead atoms. The lowest BCUT2D eigenvalue weighted by atomic mass is 9.94. The van der Waals surface area contributed by atoms with Gasteiger partial charge in [-0.05, 0) is 18.3 Å². The molecule has 0 aromatic rings. The molecule has 1 unspecified atom stereocenters. The topological polar surface area (TPSA) is 66.4 Å². The van der Waals surface area contributed by atoms with Gasteiger partial charge in [0.2, 0.25) is 5.91 Å². The Labute approximate surface area is 84.7 Å². The lowest BCUT2D eigenvalue weighted by Gasteiger charge is -2.16. The summed E-state index contributed by atoms with van der Waals surface area (Å²) in [5.74, 6) is -0.422. The van der Waals surface area contributed by atoms with Gasteiger partial charge < -0.3 is 10.4 Å². The van der Waals surface area contributed by atoms with E-state index in [0.29, 0.717) is 12.5 Å². The molecule has 0 aliphatic carbocycles. The predicted octanol–water partition coefficient (Wildman–Crippen LogP) is 1.26. The first-order valence-corrected chi connectivity index (χ1v) is 4.88. The van der Waals surface area contributed by atoms with E-state index in [1.807, 2.05) is 13.8 Å². The van der Waals surface area contributed by atoms with Gasteiger partial charge in [0, 0.05) is 19.9 Å². The van der Waals surface area contributed by atoms with Gasteiger partial charge in [0.05, 0.1) is 0 Å². The van der Waals surface area contributed by atoms with Crippen LogP contribution in [0.1, 0.15) is 33.6 Å². The minimum absolute atomic E-state index is 0.0383. The van der Waals surface area contributed by atoms with E-state index in [4.69, 9.17) is 5.11 Å². The van der Waals surface area contributed by atoms with Crippen molar-refractivity contribution in [1.29, 1.82) is 0 Å².